The van der Waals surface area contributed by atoms with Crippen LogP contribution in [0.4, 0.5) is 0 Å². The molecule has 0 aromatic heterocycles. The monoisotopic (exact) mass is 262 g/mol. The molecule has 0 fully saturated rings. The fourth-order valence-corrected chi connectivity index (χ4v) is 1.14. The van der Waals surface area contributed by atoms with Crippen molar-refractivity contribution >= 4 is 5.97 Å². The van der Waals surface area contributed by atoms with E-state index in [9.17, 15) is 4.79 Å². The first-order valence-electron chi connectivity index (χ1n) is 6.56. The Morgan fingerprint density at radius 3 is 2.32 bits per heavy atom. The Kier molecular flexibility index (Phi) is 10.2. The van der Waals surface area contributed by atoms with Gasteiger partial charge in [-0.15, -0.1) is 5.92 Å². The maximum atomic E-state index is 10.2. The molecule has 0 saturated carbocycles. The quantitative estimate of drug-likeness (QED) is 0.646. The molecule has 1 rings (SSSR count). The Balaban J connectivity index is 0.000000342. The second-order valence-corrected chi connectivity index (χ2v) is 4.02. The number of aliphatic hydroxyl groups is 1. The van der Waals surface area contributed by atoms with Crippen molar-refractivity contribution in [2.75, 3.05) is 0 Å². The Hall–Kier alpha value is -1.79. The molecular formula is C16H22O3. The summed E-state index contributed by atoms with van der Waals surface area (Å²) in [7, 11) is 0. The predicted molar refractivity (Wildman–Crippen MR) is 77.0 cm³/mol. The van der Waals surface area contributed by atoms with E-state index in [1.54, 1.807) is 30.3 Å². The molecule has 3 nitrogen and oxygen atoms in total. The molecule has 0 radical (unpaired) electrons. The number of aliphatic hydroxyl groups excluding tert-OH is 1. The van der Waals surface area contributed by atoms with E-state index in [2.05, 4.69) is 18.8 Å². The van der Waals surface area contributed by atoms with Crippen LogP contribution in [0.25, 0.3) is 0 Å². The second-order valence-electron chi connectivity index (χ2n) is 4.02. The zero-order chi connectivity index (χ0) is 14.5. The van der Waals surface area contributed by atoms with Crippen LogP contribution >= 0.6 is 0 Å². The third-order valence-electron chi connectivity index (χ3n) is 2.33. The van der Waals surface area contributed by atoms with Gasteiger partial charge in [-0.25, -0.2) is 4.79 Å². The standard InChI is InChI=1S/C9H16O.C7H6O2/c1-3-5-6-7-8-9(10)4-2;8-7(9)6-4-2-1-3-5-6/h9-10H,3-6H2,1-2H3;1-5H,(H,8,9). The van der Waals surface area contributed by atoms with Gasteiger partial charge in [-0.3, -0.25) is 0 Å². The van der Waals surface area contributed by atoms with Crippen LogP contribution in [0.1, 0.15) is 49.9 Å². The van der Waals surface area contributed by atoms with Crippen LogP contribution in [0.2, 0.25) is 0 Å². The fraction of sp³-hybridized carbons (Fsp3) is 0.438. The number of carboxylic acid groups (broad SMARTS) is 1. The number of hydrogen-bond donors (Lipinski definition) is 2. The Morgan fingerprint density at radius 1 is 1.26 bits per heavy atom. The molecule has 2 N–H and O–H groups in total. The zero-order valence-electron chi connectivity index (χ0n) is 11.6. The molecule has 0 spiro atoms. The molecule has 0 amide bonds. The summed E-state index contributed by atoms with van der Waals surface area (Å²) in [5, 5.41) is 17.4. The van der Waals surface area contributed by atoms with Crippen LogP contribution in [-0.2, 0) is 0 Å². The van der Waals surface area contributed by atoms with Gasteiger partial charge in [0.15, 0.2) is 0 Å². The fourth-order valence-electron chi connectivity index (χ4n) is 1.14. The van der Waals surface area contributed by atoms with Crippen molar-refractivity contribution in [1.82, 2.24) is 0 Å². The van der Waals surface area contributed by atoms with E-state index in [0.29, 0.717) is 5.56 Å². The highest BCUT2D eigenvalue weighted by atomic mass is 16.4. The van der Waals surface area contributed by atoms with Crippen molar-refractivity contribution in [2.45, 2.75) is 45.6 Å². The van der Waals surface area contributed by atoms with Gasteiger partial charge >= 0.3 is 5.97 Å². The van der Waals surface area contributed by atoms with Gasteiger partial charge in [0.2, 0.25) is 0 Å². The van der Waals surface area contributed by atoms with Gasteiger partial charge < -0.3 is 10.2 Å². The average Bonchev–Trinajstić information content (AvgIpc) is 2.45. The first-order valence-corrected chi connectivity index (χ1v) is 6.56. The van der Waals surface area contributed by atoms with E-state index in [0.717, 1.165) is 19.3 Å². The Bertz CT molecular complexity index is 401. The van der Waals surface area contributed by atoms with Crippen molar-refractivity contribution in [2.24, 2.45) is 0 Å². The highest BCUT2D eigenvalue weighted by Gasteiger charge is 1.96. The molecule has 1 unspecified atom stereocenters. The van der Waals surface area contributed by atoms with Crippen molar-refractivity contribution in [1.29, 1.82) is 0 Å². The van der Waals surface area contributed by atoms with Crippen LogP contribution in [0, 0.1) is 11.8 Å². The number of unbranched alkanes of at least 4 members (excludes halogenated alkanes) is 2. The molecule has 0 heterocycles. The molecule has 0 aliphatic heterocycles. The largest absolute Gasteiger partial charge is 0.478 e. The number of benzene rings is 1. The molecule has 3 heteroatoms. The van der Waals surface area contributed by atoms with Crippen molar-refractivity contribution in [3.8, 4) is 11.8 Å². The number of carbonyl (C=O) groups is 1. The smallest absolute Gasteiger partial charge is 0.335 e. The minimum absolute atomic E-state index is 0.331. The van der Waals surface area contributed by atoms with Crippen molar-refractivity contribution in [3.63, 3.8) is 0 Å². The molecule has 1 atom stereocenters. The molecular weight excluding hydrogens is 240 g/mol. The second kappa shape index (κ2) is 11.3. The van der Waals surface area contributed by atoms with Gasteiger partial charge in [0, 0.05) is 6.42 Å². The lowest BCUT2D eigenvalue weighted by Gasteiger charge is -1.93. The number of aromatic carboxylic acids is 1. The maximum absolute atomic E-state index is 10.2. The summed E-state index contributed by atoms with van der Waals surface area (Å²) in [5.74, 6) is 4.83. The maximum Gasteiger partial charge on any atom is 0.335 e. The highest BCUT2D eigenvalue weighted by molar-refractivity contribution is 5.87. The number of rotatable bonds is 4. The molecule has 19 heavy (non-hydrogen) atoms. The van der Waals surface area contributed by atoms with Gasteiger partial charge in [-0.05, 0) is 25.0 Å². The van der Waals surface area contributed by atoms with Crippen LogP contribution in [0.15, 0.2) is 30.3 Å². The van der Waals surface area contributed by atoms with Gasteiger partial charge in [-0.1, -0.05) is 44.4 Å². The number of hydrogen-bond acceptors (Lipinski definition) is 2. The van der Waals surface area contributed by atoms with Crippen LogP contribution in [0.5, 0.6) is 0 Å². The van der Waals surface area contributed by atoms with Gasteiger partial charge in [0.25, 0.3) is 0 Å². The molecule has 104 valence electrons. The van der Waals surface area contributed by atoms with Gasteiger partial charge in [-0.2, -0.15) is 0 Å². The minimum atomic E-state index is -0.879. The Labute approximate surface area is 115 Å². The summed E-state index contributed by atoms with van der Waals surface area (Å²) in [6, 6.07) is 8.30. The van der Waals surface area contributed by atoms with E-state index in [4.69, 9.17) is 10.2 Å². The summed E-state index contributed by atoms with van der Waals surface area (Å²) in [6.45, 7) is 4.07. The molecule has 0 aliphatic rings. The summed E-state index contributed by atoms with van der Waals surface area (Å²) in [6.07, 6.45) is 3.57. The molecule has 1 aromatic rings. The van der Waals surface area contributed by atoms with Crippen molar-refractivity contribution < 1.29 is 15.0 Å². The van der Waals surface area contributed by atoms with Crippen molar-refractivity contribution in [3.05, 3.63) is 35.9 Å². The predicted octanol–water partition coefficient (Wildman–Crippen LogP) is 3.34. The lowest BCUT2D eigenvalue weighted by Crippen LogP contribution is -1.98. The summed E-state index contributed by atoms with van der Waals surface area (Å²) < 4.78 is 0. The average molecular weight is 262 g/mol. The minimum Gasteiger partial charge on any atom is -0.478 e. The highest BCUT2D eigenvalue weighted by Crippen LogP contribution is 1.96. The lowest BCUT2D eigenvalue weighted by atomic mass is 10.2. The first-order chi connectivity index (χ1) is 9.11. The number of carboxylic acids is 1. The summed E-state index contributed by atoms with van der Waals surface area (Å²) in [5.41, 5.74) is 0.331. The summed E-state index contributed by atoms with van der Waals surface area (Å²) in [4.78, 5) is 10.2. The van der Waals surface area contributed by atoms with E-state index in [1.165, 1.54) is 6.42 Å². The van der Waals surface area contributed by atoms with E-state index in [-0.39, 0.29) is 0 Å². The first kappa shape index (κ1) is 17.2. The van der Waals surface area contributed by atoms with Gasteiger partial charge in [0.05, 0.1) is 5.56 Å². The van der Waals surface area contributed by atoms with Crippen LogP contribution < -0.4 is 0 Å². The molecule has 1 aromatic carbocycles. The topological polar surface area (TPSA) is 57.5 Å². The Morgan fingerprint density at radius 2 is 1.89 bits per heavy atom. The van der Waals surface area contributed by atoms with E-state index in [1.807, 2.05) is 6.92 Å². The van der Waals surface area contributed by atoms with E-state index >= 15 is 0 Å². The lowest BCUT2D eigenvalue weighted by molar-refractivity contribution is 0.0697. The normalized spacial score (nSPS) is 10.5. The third kappa shape index (κ3) is 9.87. The van der Waals surface area contributed by atoms with Crippen LogP contribution in [0.3, 0.4) is 0 Å². The zero-order valence-corrected chi connectivity index (χ0v) is 11.6. The van der Waals surface area contributed by atoms with E-state index < -0.39 is 12.1 Å². The summed E-state index contributed by atoms with van der Waals surface area (Å²) >= 11 is 0. The third-order valence-corrected chi connectivity index (χ3v) is 2.33. The van der Waals surface area contributed by atoms with Gasteiger partial charge in [0.1, 0.15) is 6.10 Å². The van der Waals surface area contributed by atoms with Crippen LogP contribution in [-0.4, -0.2) is 22.3 Å². The molecule has 0 aliphatic carbocycles. The molecule has 0 bridgehead atoms. The molecule has 0 saturated heterocycles. The SMILES string of the molecule is CCCCC#CC(O)CC.O=C(O)c1ccccc1.